The Morgan fingerprint density at radius 1 is 1.31 bits per heavy atom. The van der Waals surface area contributed by atoms with Gasteiger partial charge in [-0.2, -0.15) is 0 Å². The van der Waals surface area contributed by atoms with Crippen molar-refractivity contribution < 1.29 is 14.0 Å². The fourth-order valence-electron chi connectivity index (χ4n) is 2.99. The molecule has 1 atom stereocenters. The zero-order valence-electron chi connectivity index (χ0n) is 13.2. The van der Waals surface area contributed by atoms with Gasteiger partial charge in [-0.3, -0.25) is 9.59 Å². The molecule has 3 aromatic rings. The highest BCUT2D eigenvalue weighted by Gasteiger charge is 2.35. The number of fused-ring (bicyclic) bond motifs is 1. The molecule has 0 saturated carbocycles. The molecular weight excluding hydrogens is 440 g/mol. The van der Waals surface area contributed by atoms with Crippen molar-refractivity contribution in [3.05, 3.63) is 73.7 Å². The second-order valence-electron chi connectivity index (χ2n) is 5.73. The second kappa shape index (κ2) is 6.90. The Kier molecular flexibility index (Phi) is 4.60. The molecule has 0 saturated heterocycles. The van der Waals surface area contributed by atoms with E-state index in [1.807, 2.05) is 17.5 Å². The molecule has 1 aromatic carbocycles. The van der Waals surface area contributed by atoms with Gasteiger partial charge in [-0.1, -0.05) is 17.7 Å². The second-order valence-corrected chi connectivity index (χ2v) is 7.93. The van der Waals surface area contributed by atoms with Gasteiger partial charge < -0.3 is 14.6 Å². The quantitative estimate of drug-likeness (QED) is 0.600. The van der Waals surface area contributed by atoms with E-state index in [0.29, 0.717) is 15.4 Å². The van der Waals surface area contributed by atoms with Crippen LogP contribution >= 0.6 is 38.9 Å². The highest BCUT2D eigenvalue weighted by molar-refractivity contribution is 9.10. The van der Waals surface area contributed by atoms with Crippen molar-refractivity contribution in [3.8, 4) is 0 Å². The Hall–Kier alpha value is -2.09. The Morgan fingerprint density at radius 3 is 2.85 bits per heavy atom. The number of hydrogen-bond donors (Lipinski definition) is 1. The molecule has 4 rings (SSSR count). The van der Waals surface area contributed by atoms with Gasteiger partial charge in [-0.25, -0.2) is 0 Å². The summed E-state index contributed by atoms with van der Waals surface area (Å²) in [6.07, 6.45) is 0. The average Bonchev–Trinajstić information content (AvgIpc) is 3.25. The van der Waals surface area contributed by atoms with Crippen molar-refractivity contribution in [1.82, 2.24) is 4.90 Å². The van der Waals surface area contributed by atoms with Gasteiger partial charge in [0.15, 0.2) is 10.4 Å². The van der Waals surface area contributed by atoms with Gasteiger partial charge in [0.25, 0.3) is 5.91 Å². The van der Waals surface area contributed by atoms with Crippen molar-refractivity contribution in [2.75, 3.05) is 11.9 Å². The maximum atomic E-state index is 13.1. The van der Waals surface area contributed by atoms with Crippen LogP contribution in [0, 0.1) is 0 Å². The highest BCUT2D eigenvalue weighted by atomic mass is 79.9. The van der Waals surface area contributed by atoms with E-state index in [9.17, 15) is 9.59 Å². The SMILES string of the molecule is O=C1CN(C(=O)c2ccc(Br)o2)C(c2cccs2)c2cc(Cl)ccc2N1. The Bertz CT molecular complexity index is 986. The van der Waals surface area contributed by atoms with Crippen LogP contribution in [0.4, 0.5) is 5.69 Å². The van der Waals surface area contributed by atoms with Gasteiger partial charge in [0, 0.05) is 21.2 Å². The molecule has 0 aliphatic carbocycles. The van der Waals surface area contributed by atoms with Gasteiger partial charge >= 0.3 is 0 Å². The van der Waals surface area contributed by atoms with E-state index >= 15 is 0 Å². The smallest absolute Gasteiger partial charge is 0.290 e. The van der Waals surface area contributed by atoms with E-state index in [4.69, 9.17) is 16.0 Å². The largest absolute Gasteiger partial charge is 0.444 e. The number of anilines is 1. The standard InChI is InChI=1S/C18H12BrClN2O3S/c19-15-6-5-13(25-15)18(24)22-9-16(23)21-12-4-3-10(20)8-11(12)17(22)14-2-1-7-26-14/h1-8,17H,9H2,(H,21,23). The van der Waals surface area contributed by atoms with Crippen LogP contribution in [0.25, 0.3) is 0 Å². The third-order valence-corrected chi connectivity index (χ3v) is 5.65. The van der Waals surface area contributed by atoms with Gasteiger partial charge in [0.1, 0.15) is 6.54 Å². The number of halogens is 2. The van der Waals surface area contributed by atoms with E-state index in [1.165, 1.54) is 16.2 Å². The summed E-state index contributed by atoms with van der Waals surface area (Å²) in [6, 6.07) is 11.9. The van der Waals surface area contributed by atoms with E-state index in [1.54, 1.807) is 30.3 Å². The molecule has 0 fully saturated rings. The summed E-state index contributed by atoms with van der Waals surface area (Å²) >= 11 is 10.9. The number of carbonyl (C=O) groups is 2. The maximum Gasteiger partial charge on any atom is 0.290 e. The van der Waals surface area contributed by atoms with E-state index in [-0.39, 0.29) is 24.1 Å². The van der Waals surface area contributed by atoms with Crippen molar-refractivity contribution in [3.63, 3.8) is 0 Å². The van der Waals surface area contributed by atoms with Crippen LogP contribution in [0.1, 0.15) is 27.0 Å². The van der Waals surface area contributed by atoms with Crippen molar-refractivity contribution in [1.29, 1.82) is 0 Å². The Labute approximate surface area is 166 Å². The minimum absolute atomic E-state index is 0.0913. The van der Waals surface area contributed by atoms with Crippen LogP contribution in [-0.4, -0.2) is 23.3 Å². The normalized spacial score (nSPS) is 16.8. The molecule has 2 amide bonds. The van der Waals surface area contributed by atoms with Crippen LogP contribution in [-0.2, 0) is 4.79 Å². The molecule has 0 spiro atoms. The van der Waals surface area contributed by atoms with Gasteiger partial charge in [0.05, 0.1) is 6.04 Å². The molecule has 26 heavy (non-hydrogen) atoms. The number of hydrogen-bond acceptors (Lipinski definition) is 4. The molecule has 2 aromatic heterocycles. The predicted molar refractivity (Wildman–Crippen MR) is 104 cm³/mol. The molecule has 8 heteroatoms. The summed E-state index contributed by atoms with van der Waals surface area (Å²) in [5.74, 6) is -0.472. The zero-order chi connectivity index (χ0) is 18.3. The molecular formula is C18H12BrClN2O3S. The summed E-state index contributed by atoms with van der Waals surface area (Å²) in [6.45, 7) is -0.0913. The summed E-state index contributed by atoms with van der Waals surface area (Å²) in [5.41, 5.74) is 1.42. The minimum Gasteiger partial charge on any atom is -0.444 e. The fraction of sp³-hybridized carbons (Fsp3) is 0.111. The third kappa shape index (κ3) is 3.18. The Morgan fingerprint density at radius 2 is 2.15 bits per heavy atom. The first-order chi connectivity index (χ1) is 12.5. The number of furan rings is 1. The maximum absolute atomic E-state index is 13.1. The summed E-state index contributed by atoms with van der Waals surface area (Å²) in [7, 11) is 0. The van der Waals surface area contributed by atoms with Crippen LogP contribution in [0.2, 0.25) is 5.02 Å². The third-order valence-electron chi connectivity index (χ3n) is 4.07. The molecule has 1 aliphatic heterocycles. The highest BCUT2D eigenvalue weighted by Crippen LogP contribution is 2.39. The number of carbonyl (C=O) groups excluding carboxylic acids is 2. The van der Waals surface area contributed by atoms with Crippen LogP contribution in [0.5, 0.6) is 0 Å². The van der Waals surface area contributed by atoms with E-state index < -0.39 is 6.04 Å². The molecule has 3 heterocycles. The lowest BCUT2D eigenvalue weighted by atomic mass is 10.0. The van der Waals surface area contributed by atoms with Gasteiger partial charge in [-0.15, -0.1) is 11.3 Å². The number of rotatable bonds is 2. The molecule has 5 nitrogen and oxygen atoms in total. The first-order valence-electron chi connectivity index (χ1n) is 7.72. The number of amides is 2. The molecule has 1 N–H and O–H groups in total. The van der Waals surface area contributed by atoms with Crippen LogP contribution < -0.4 is 5.32 Å². The number of nitrogens with one attached hydrogen (secondary N) is 1. The lowest BCUT2D eigenvalue weighted by Gasteiger charge is -2.28. The summed E-state index contributed by atoms with van der Waals surface area (Å²) < 4.78 is 5.88. The van der Waals surface area contributed by atoms with Crippen molar-refractivity contribution in [2.24, 2.45) is 0 Å². The van der Waals surface area contributed by atoms with Gasteiger partial charge in [-0.05, 0) is 57.7 Å². The lowest BCUT2D eigenvalue weighted by Crippen LogP contribution is -2.38. The first kappa shape index (κ1) is 17.3. The molecule has 132 valence electrons. The monoisotopic (exact) mass is 450 g/mol. The zero-order valence-corrected chi connectivity index (χ0v) is 16.4. The molecule has 0 bridgehead atoms. The topological polar surface area (TPSA) is 62.6 Å². The van der Waals surface area contributed by atoms with Crippen molar-refractivity contribution >= 4 is 56.4 Å². The minimum atomic E-state index is -0.445. The van der Waals surface area contributed by atoms with Crippen LogP contribution in [0.3, 0.4) is 0 Å². The number of benzene rings is 1. The predicted octanol–water partition coefficient (Wildman–Crippen LogP) is 4.94. The fourth-order valence-corrected chi connectivity index (χ4v) is 4.33. The Balaban J connectivity index is 1.88. The summed E-state index contributed by atoms with van der Waals surface area (Å²) in [5, 5.41) is 5.33. The van der Waals surface area contributed by atoms with Crippen LogP contribution in [0.15, 0.2) is 56.9 Å². The lowest BCUT2D eigenvalue weighted by molar-refractivity contribution is -0.117. The van der Waals surface area contributed by atoms with Gasteiger partial charge in [0.2, 0.25) is 5.91 Å². The molecule has 0 radical (unpaired) electrons. The molecule has 1 aliphatic rings. The van der Waals surface area contributed by atoms with Crippen molar-refractivity contribution in [2.45, 2.75) is 6.04 Å². The first-order valence-corrected chi connectivity index (χ1v) is 9.77. The van der Waals surface area contributed by atoms with E-state index in [2.05, 4.69) is 21.2 Å². The average molecular weight is 452 g/mol. The van der Waals surface area contributed by atoms with E-state index in [0.717, 1.165) is 10.4 Å². The number of nitrogens with zero attached hydrogens (tertiary/aromatic N) is 1. The molecule has 1 unspecified atom stereocenters. The number of thiophene rings is 1. The summed E-state index contributed by atoms with van der Waals surface area (Å²) in [4.78, 5) is 28.0.